The number of hydrogen-bond donors (Lipinski definition) is 2. The summed E-state index contributed by atoms with van der Waals surface area (Å²) in [5.41, 5.74) is 7.37. The molecule has 0 spiro atoms. The Balaban J connectivity index is 1.70. The van der Waals surface area contributed by atoms with Gasteiger partial charge in [-0.2, -0.15) is 5.10 Å². The van der Waals surface area contributed by atoms with Crippen LogP contribution in [0.15, 0.2) is 24.5 Å². The van der Waals surface area contributed by atoms with Crippen LogP contribution in [0.2, 0.25) is 0 Å². The zero-order valence-electron chi connectivity index (χ0n) is 12.9. The fraction of sp³-hybridized carbons (Fsp3) is 0.500. The molecular formula is C16H20F2N4O. The maximum absolute atomic E-state index is 13.2. The predicted molar refractivity (Wildman–Crippen MR) is 83.4 cm³/mol. The molecule has 0 bridgehead atoms. The van der Waals surface area contributed by atoms with Gasteiger partial charge in [0, 0.05) is 30.8 Å². The number of carbonyl (C=O) groups excluding carboxylic acids is 1. The van der Waals surface area contributed by atoms with Crippen LogP contribution in [0.4, 0.5) is 14.5 Å². The molecule has 124 valence electrons. The molecule has 3 N–H and O–H groups in total. The molecule has 1 aliphatic rings. The number of fused-ring (bicyclic) bond motifs is 1. The van der Waals surface area contributed by atoms with Crippen LogP contribution in [-0.4, -0.2) is 27.5 Å². The summed E-state index contributed by atoms with van der Waals surface area (Å²) < 4.78 is 28.0. The first-order valence-corrected chi connectivity index (χ1v) is 7.77. The highest BCUT2D eigenvalue weighted by atomic mass is 19.3. The van der Waals surface area contributed by atoms with Crippen molar-refractivity contribution in [2.45, 2.75) is 44.6 Å². The molecule has 1 amide bonds. The second-order valence-electron chi connectivity index (χ2n) is 6.30. The third-order valence-electron chi connectivity index (χ3n) is 4.62. The molecule has 0 saturated heterocycles. The second kappa shape index (κ2) is 5.79. The van der Waals surface area contributed by atoms with Crippen LogP contribution in [0.5, 0.6) is 0 Å². The van der Waals surface area contributed by atoms with Gasteiger partial charge in [0.25, 0.3) is 5.91 Å². The first-order chi connectivity index (χ1) is 10.9. The number of nitrogens with one attached hydrogen (secondary N) is 1. The lowest BCUT2D eigenvalue weighted by Crippen LogP contribution is -2.41. The molecule has 1 aliphatic carbocycles. The molecule has 7 heteroatoms. The largest absolute Gasteiger partial charge is 0.399 e. The number of nitrogens with zero attached hydrogens (tertiary/aromatic N) is 2. The summed E-state index contributed by atoms with van der Waals surface area (Å²) in [4.78, 5) is 12.5. The molecule has 2 aromatic rings. The van der Waals surface area contributed by atoms with Crippen LogP contribution >= 0.6 is 0 Å². The zero-order valence-corrected chi connectivity index (χ0v) is 12.9. The fourth-order valence-corrected chi connectivity index (χ4v) is 3.14. The highest BCUT2D eigenvalue weighted by Crippen LogP contribution is 2.37. The Hall–Kier alpha value is -2.18. The van der Waals surface area contributed by atoms with Crippen molar-refractivity contribution in [3.8, 4) is 0 Å². The lowest BCUT2D eigenvalue weighted by molar-refractivity contribution is -0.0485. The van der Waals surface area contributed by atoms with Gasteiger partial charge in [-0.25, -0.2) is 13.3 Å². The highest BCUT2D eigenvalue weighted by molar-refractivity contribution is 6.01. The number of nitrogens with two attached hydrogens (primary N) is 1. The van der Waals surface area contributed by atoms with Gasteiger partial charge >= 0.3 is 0 Å². The molecule has 0 aliphatic heterocycles. The van der Waals surface area contributed by atoms with E-state index in [0.717, 1.165) is 0 Å². The third kappa shape index (κ3) is 3.28. The van der Waals surface area contributed by atoms with Crippen molar-refractivity contribution in [1.29, 1.82) is 0 Å². The molecular weight excluding hydrogens is 302 g/mol. The molecule has 0 aromatic carbocycles. The zero-order chi connectivity index (χ0) is 16.6. The molecule has 2 aromatic heterocycles. The van der Waals surface area contributed by atoms with Crippen molar-refractivity contribution < 1.29 is 13.6 Å². The normalized spacial score (nSPS) is 19.6. The first kappa shape index (κ1) is 15.7. The number of hydrogen-bond acceptors (Lipinski definition) is 3. The Kier molecular flexibility index (Phi) is 3.95. The van der Waals surface area contributed by atoms with E-state index in [1.54, 1.807) is 22.8 Å². The molecule has 1 unspecified atom stereocenters. The highest BCUT2D eigenvalue weighted by Gasteiger charge is 2.37. The number of halogens is 2. The Labute approximate surface area is 132 Å². The van der Waals surface area contributed by atoms with Crippen LogP contribution in [-0.2, 0) is 0 Å². The number of aromatic nitrogens is 2. The molecule has 1 atom stereocenters. The van der Waals surface area contributed by atoms with Gasteiger partial charge in [-0.3, -0.25) is 4.79 Å². The van der Waals surface area contributed by atoms with Crippen LogP contribution in [0.1, 0.15) is 43.0 Å². The van der Waals surface area contributed by atoms with Gasteiger partial charge < -0.3 is 11.1 Å². The average molecular weight is 322 g/mol. The van der Waals surface area contributed by atoms with E-state index in [4.69, 9.17) is 5.73 Å². The molecule has 1 saturated carbocycles. The standard InChI is InChI=1S/C16H20F2N4O/c1-10(11-2-5-16(17,18)6-3-11)21-15(23)13-9-20-22-7-4-12(19)8-14(13)22/h4,7-11H,2-3,5-6,19H2,1H3,(H,21,23). The van der Waals surface area contributed by atoms with Gasteiger partial charge in [-0.05, 0) is 37.8 Å². The van der Waals surface area contributed by atoms with E-state index in [2.05, 4.69) is 10.4 Å². The summed E-state index contributed by atoms with van der Waals surface area (Å²) in [5, 5.41) is 7.03. The minimum Gasteiger partial charge on any atom is -0.399 e. The monoisotopic (exact) mass is 322 g/mol. The lowest BCUT2D eigenvalue weighted by Gasteiger charge is -2.32. The smallest absolute Gasteiger partial charge is 0.255 e. The van der Waals surface area contributed by atoms with E-state index in [9.17, 15) is 13.6 Å². The topological polar surface area (TPSA) is 72.4 Å². The minimum atomic E-state index is -2.56. The van der Waals surface area contributed by atoms with Gasteiger partial charge in [0.05, 0.1) is 17.3 Å². The number of rotatable bonds is 3. The summed E-state index contributed by atoms with van der Waals surface area (Å²) in [7, 11) is 0. The summed E-state index contributed by atoms with van der Waals surface area (Å²) in [6.45, 7) is 1.87. The Morgan fingerprint density at radius 3 is 2.87 bits per heavy atom. The Morgan fingerprint density at radius 2 is 2.17 bits per heavy atom. The lowest BCUT2D eigenvalue weighted by atomic mass is 9.82. The fourth-order valence-electron chi connectivity index (χ4n) is 3.14. The van der Waals surface area contributed by atoms with Crippen molar-refractivity contribution in [1.82, 2.24) is 14.9 Å². The first-order valence-electron chi connectivity index (χ1n) is 7.77. The van der Waals surface area contributed by atoms with Gasteiger partial charge in [0.1, 0.15) is 0 Å². The van der Waals surface area contributed by atoms with E-state index in [0.29, 0.717) is 29.6 Å². The van der Waals surface area contributed by atoms with E-state index in [1.165, 1.54) is 6.20 Å². The SMILES string of the molecule is CC(NC(=O)c1cnn2ccc(N)cc12)C1CCC(F)(F)CC1. The van der Waals surface area contributed by atoms with Gasteiger partial charge in [-0.15, -0.1) is 0 Å². The summed E-state index contributed by atoms with van der Waals surface area (Å²) in [6, 6.07) is 3.23. The minimum absolute atomic E-state index is 0.0745. The number of pyridine rings is 1. The van der Waals surface area contributed by atoms with Crippen molar-refractivity contribution in [3.63, 3.8) is 0 Å². The molecule has 5 nitrogen and oxygen atoms in total. The van der Waals surface area contributed by atoms with Crippen LogP contribution < -0.4 is 11.1 Å². The van der Waals surface area contributed by atoms with Crippen molar-refractivity contribution in [3.05, 3.63) is 30.1 Å². The molecule has 0 radical (unpaired) electrons. The third-order valence-corrected chi connectivity index (χ3v) is 4.62. The van der Waals surface area contributed by atoms with Crippen LogP contribution in [0, 0.1) is 5.92 Å². The van der Waals surface area contributed by atoms with Crippen molar-refractivity contribution in [2.24, 2.45) is 5.92 Å². The van der Waals surface area contributed by atoms with Crippen LogP contribution in [0.25, 0.3) is 5.52 Å². The average Bonchev–Trinajstić information content (AvgIpc) is 2.90. The van der Waals surface area contributed by atoms with E-state index in [-0.39, 0.29) is 30.7 Å². The Morgan fingerprint density at radius 1 is 1.48 bits per heavy atom. The van der Waals surface area contributed by atoms with E-state index < -0.39 is 5.92 Å². The number of carbonyl (C=O) groups is 1. The van der Waals surface area contributed by atoms with Crippen LogP contribution in [0.3, 0.4) is 0 Å². The number of anilines is 1. The maximum atomic E-state index is 13.2. The number of nitrogen functional groups attached to an aromatic ring is 1. The molecule has 23 heavy (non-hydrogen) atoms. The van der Waals surface area contributed by atoms with Gasteiger partial charge in [-0.1, -0.05) is 0 Å². The van der Waals surface area contributed by atoms with Gasteiger partial charge in [0.15, 0.2) is 0 Å². The second-order valence-corrected chi connectivity index (χ2v) is 6.30. The number of alkyl halides is 2. The summed E-state index contributed by atoms with van der Waals surface area (Å²) in [6.07, 6.45) is 3.82. The molecule has 1 fully saturated rings. The Bertz CT molecular complexity index is 718. The number of amides is 1. The van der Waals surface area contributed by atoms with E-state index in [1.807, 2.05) is 6.92 Å². The quantitative estimate of drug-likeness (QED) is 0.912. The molecule has 2 heterocycles. The predicted octanol–water partition coefficient (Wildman–Crippen LogP) is 2.86. The van der Waals surface area contributed by atoms with Crippen molar-refractivity contribution in [2.75, 3.05) is 5.73 Å². The summed E-state index contributed by atoms with van der Waals surface area (Å²) in [5.74, 6) is -2.74. The van der Waals surface area contributed by atoms with Crippen molar-refractivity contribution >= 4 is 17.1 Å². The van der Waals surface area contributed by atoms with E-state index >= 15 is 0 Å². The maximum Gasteiger partial charge on any atom is 0.255 e. The summed E-state index contributed by atoms with van der Waals surface area (Å²) >= 11 is 0. The molecule has 3 rings (SSSR count). The van der Waals surface area contributed by atoms with Gasteiger partial charge in [0.2, 0.25) is 5.92 Å².